The van der Waals surface area contributed by atoms with Gasteiger partial charge < -0.3 is 0 Å². The summed E-state index contributed by atoms with van der Waals surface area (Å²) in [5.41, 5.74) is 3.16. The summed E-state index contributed by atoms with van der Waals surface area (Å²) in [6, 6.07) is 17.7. The van der Waals surface area contributed by atoms with Gasteiger partial charge in [-0.1, -0.05) is 71.5 Å². The van der Waals surface area contributed by atoms with Crippen LogP contribution in [-0.4, -0.2) is 16.1 Å². The summed E-state index contributed by atoms with van der Waals surface area (Å²) >= 11 is 1.35. The highest BCUT2D eigenvalue weighted by Gasteiger charge is 2.08. The first-order valence-corrected chi connectivity index (χ1v) is 7.97. The number of carbonyl (C=O) groups excluding carboxylic acids is 1. The first-order chi connectivity index (χ1) is 11.2. The number of carbonyl (C=O) groups is 1. The number of aryl methyl sites for hydroxylation is 1. The molecule has 0 fully saturated rings. The minimum atomic E-state index is -0.222. The normalized spacial score (nSPS) is 10.8. The lowest BCUT2D eigenvalue weighted by Gasteiger charge is -1.96. The fourth-order valence-corrected chi connectivity index (χ4v) is 2.72. The molecule has 0 saturated carbocycles. The average molecular weight is 321 g/mol. The van der Waals surface area contributed by atoms with Gasteiger partial charge in [-0.15, -0.1) is 10.2 Å². The van der Waals surface area contributed by atoms with Gasteiger partial charge in [-0.25, -0.2) is 0 Å². The molecule has 0 bridgehead atoms. The Morgan fingerprint density at radius 1 is 1.04 bits per heavy atom. The number of nitrogens with zero attached hydrogens (tertiary/aromatic N) is 2. The highest BCUT2D eigenvalue weighted by molar-refractivity contribution is 7.18. The van der Waals surface area contributed by atoms with E-state index in [1.54, 1.807) is 6.08 Å². The summed E-state index contributed by atoms with van der Waals surface area (Å²) in [4.78, 5) is 11.9. The average Bonchev–Trinajstić information content (AvgIpc) is 3.03. The first-order valence-electron chi connectivity index (χ1n) is 7.15. The predicted octanol–water partition coefficient (Wildman–Crippen LogP) is 4.17. The zero-order valence-electron chi connectivity index (χ0n) is 12.6. The molecule has 23 heavy (non-hydrogen) atoms. The van der Waals surface area contributed by atoms with Crippen LogP contribution in [0.3, 0.4) is 0 Å². The molecule has 0 atom stereocenters. The van der Waals surface area contributed by atoms with Crippen LogP contribution >= 0.6 is 11.3 Å². The zero-order chi connectivity index (χ0) is 16.1. The Hall–Kier alpha value is -2.79. The van der Waals surface area contributed by atoms with E-state index in [2.05, 4.69) is 15.5 Å². The third-order valence-corrected chi connectivity index (χ3v) is 4.07. The predicted molar refractivity (Wildman–Crippen MR) is 94.2 cm³/mol. The van der Waals surface area contributed by atoms with Crippen molar-refractivity contribution in [2.75, 3.05) is 5.32 Å². The largest absolute Gasteiger partial charge is 0.297 e. The van der Waals surface area contributed by atoms with E-state index in [9.17, 15) is 4.79 Å². The Morgan fingerprint density at radius 2 is 1.78 bits per heavy atom. The van der Waals surface area contributed by atoms with E-state index in [4.69, 9.17) is 0 Å². The van der Waals surface area contributed by atoms with Crippen LogP contribution in [0.5, 0.6) is 0 Å². The van der Waals surface area contributed by atoms with Crippen molar-refractivity contribution >= 4 is 28.5 Å². The zero-order valence-corrected chi connectivity index (χ0v) is 13.4. The smallest absolute Gasteiger partial charge is 0.250 e. The number of benzene rings is 2. The fraction of sp³-hybridized carbons (Fsp3) is 0.0556. The summed E-state index contributed by atoms with van der Waals surface area (Å²) in [7, 11) is 0. The molecule has 0 aliphatic rings. The van der Waals surface area contributed by atoms with Gasteiger partial charge in [0.1, 0.15) is 5.01 Å². The molecule has 0 unspecified atom stereocenters. The molecule has 1 N–H and O–H groups in total. The van der Waals surface area contributed by atoms with Crippen molar-refractivity contribution in [3.8, 4) is 10.6 Å². The SMILES string of the molecule is Cc1ccc(-c2nnc(NC(=O)/C=C/c3ccccc3)s2)cc1. The molecule has 114 valence electrons. The van der Waals surface area contributed by atoms with Gasteiger partial charge in [0.15, 0.2) is 0 Å². The standard InChI is InChI=1S/C18H15N3OS/c1-13-7-10-15(11-8-13)17-20-21-18(23-17)19-16(22)12-9-14-5-3-2-4-6-14/h2-12H,1H3,(H,19,21,22)/b12-9+. The molecule has 3 aromatic rings. The van der Waals surface area contributed by atoms with Gasteiger partial charge in [-0.3, -0.25) is 10.1 Å². The summed E-state index contributed by atoms with van der Waals surface area (Å²) < 4.78 is 0. The highest BCUT2D eigenvalue weighted by Crippen LogP contribution is 2.26. The fourth-order valence-electron chi connectivity index (χ4n) is 1.97. The molecule has 1 heterocycles. The second-order valence-electron chi connectivity index (χ2n) is 5.01. The molecule has 3 rings (SSSR count). The van der Waals surface area contributed by atoms with Crippen LogP contribution in [-0.2, 0) is 4.79 Å². The van der Waals surface area contributed by atoms with Crippen molar-refractivity contribution in [2.24, 2.45) is 0 Å². The third kappa shape index (κ3) is 4.11. The maximum atomic E-state index is 11.9. The summed E-state index contributed by atoms with van der Waals surface area (Å²) in [6.45, 7) is 2.04. The number of hydrogen-bond acceptors (Lipinski definition) is 4. The molecule has 0 aliphatic carbocycles. The van der Waals surface area contributed by atoms with Gasteiger partial charge in [0.25, 0.3) is 0 Å². The van der Waals surface area contributed by atoms with Crippen molar-refractivity contribution in [3.05, 3.63) is 71.8 Å². The Morgan fingerprint density at radius 3 is 2.52 bits per heavy atom. The lowest BCUT2D eigenvalue weighted by atomic mass is 10.2. The van der Waals surface area contributed by atoms with Crippen LogP contribution in [0.2, 0.25) is 0 Å². The highest BCUT2D eigenvalue weighted by atomic mass is 32.1. The molecular weight excluding hydrogens is 306 g/mol. The molecule has 0 aliphatic heterocycles. The van der Waals surface area contributed by atoms with Gasteiger partial charge in [0.05, 0.1) is 0 Å². The topological polar surface area (TPSA) is 54.9 Å². The van der Waals surface area contributed by atoms with E-state index in [0.29, 0.717) is 5.13 Å². The maximum Gasteiger partial charge on any atom is 0.250 e. The lowest BCUT2D eigenvalue weighted by molar-refractivity contribution is -0.111. The number of aromatic nitrogens is 2. The Kier molecular flexibility index (Phi) is 4.59. The van der Waals surface area contributed by atoms with Crippen LogP contribution in [0.1, 0.15) is 11.1 Å². The number of hydrogen-bond donors (Lipinski definition) is 1. The molecule has 0 radical (unpaired) electrons. The molecule has 0 saturated heterocycles. The van der Waals surface area contributed by atoms with Gasteiger partial charge in [-0.05, 0) is 18.6 Å². The Bertz CT molecular complexity index is 823. The number of anilines is 1. The van der Waals surface area contributed by atoms with Crippen molar-refractivity contribution < 1.29 is 4.79 Å². The number of rotatable bonds is 4. The first kappa shape index (κ1) is 15.1. The van der Waals surface area contributed by atoms with Gasteiger partial charge in [0, 0.05) is 11.6 Å². The molecule has 4 nitrogen and oxygen atoms in total. The molecule has 1 amide bonds. The van der Waals surface area contributed by atoms with Crippen LogP contribution < -0.4 is 5.32 Å². The quantitative estimate of drug-likeness (QED) is 0.734. The van der Waals surface area contributed by atoms with E-state index in [0.717, 1.165) is 16.1 Å². The van der Waals surface area contributed by atoms with Crippen LogP contribution in [0.15, 0.2) is 60.7 Å². The minimum absolute atomic E-state index is 0.222. The molecule has 1 aromatic heterocycles. The van der Waals surface area contributed by atoms with E-state index in [1.807, 2.05) is 61.5 Å². The van der Waals surface area contributed by atoms with Gasteiger partial charge >= 0.3 is 0 Å². The van der Waals surface area contributed by atoms with Crippen LogP contribution in [0.4, 0.5) is 5.13 Å². The van der Waals surface area contributed by atoms with E-state index in [-0.39, 0.29) is 5.91 Å². The lowest BCUT2D eigenvalue weighted by Crippen LogP contribution is -2.07. The van der Waals surface area contributed by atoms with Crippen LogP contribution in [0.25, 0.3) is 16.6 Å². The summed E-state index contributed by atoms with van der Waals surface area (Å²) in [5.74, 6) is -0.222. The van der Waals surface area contributed by atoms with Crippen molar-refractivity contribution in [1.82, 2.24) is 10.2 Å². The Balaban J connectivity index is 1.66. The second-order valence-corrected chi connectivity index (χ2v) is 5.99. The molecular formula is C18H15N3OS. The van der Waals surface area contributed by atoms with Crippen molar-refractivity contribution in [1.29, 1.82) is 0 Å². The van der Waals surface area contributed by atoms with Crippen LogP contribution in [0, 0.1) is 6.92 Å². The molecule has 5 heteroatoms. The summed E-state index contributed by atoms with van der Waals surface area (Å²) in [6.07, 6.45) is 3.25. The molecule has 0 spiro atoms. The van der Waals surface area contributed by atoms with Crippen molar-refractivity contribution in [3.63, 3.8) is 0 Å². The van der Waals surface area contributed by atoms with E-state index in [1.165, 1.54) is 23.0 Å². The summed E-state index contributed by atoms with van der Waals surface area (Å²) in [5, 5.41) is 12.1. The van der Waals surface area contributed by atoms with Crippen molar-refractivity contribution in [2.45, 2.75) is 6.92 Å². The number of amides is 1. The second kappa shape index (κ2) is 6.98. The van der Waals surface area contributed by atoms with Gasteiger partial charge in [0.2, 0.25) is 11.0 Å². The number of nitrogens with one attached hydrogen (secondary N) is 1. The van der Waals surface area contributed by atoms with E-state index < -0.39 is 0 Å². The van der Waals surface area contributed by atoms with E-state index >= 15 is 0 Å². The molecule has 2 aromatic carbocycles. The Labute approximate surface area is 138 Å². The monoisotopic (exact) mass is 321 g/mol. The maximum absolute atomic E-state index is 11.9. The van der Waals surface area contributed by atoms with Gasteiger partial charge in [-0.2, -0.15) is 0 Å². The minimum Gasteiger partial charge on any atom is -0.297 e. The third-order valence-electron chi connectivity index (χ3n) is 3.18.